The summed E-state index contributed by atoms with van der Waals surface area (Å²) in [5.41, 5.74) is 6.84. The number of amidine groups is 2. The van der Waals surface area contributed by atoms with Gasteiger partial charge < -0.3 is 19.7 Å². The number of phenols is 1. The molecule has 0 fully saturated rings. The molecular formula is C42H59N3O4. The van der Waals surface area contributed by atoms with Crippen LogP contribution in [0, 0.1) is 27.7 Å². The number of hydrogen-bond donors (Lipinski definition) is 2. The second-order valence-corrected chi connectivity index (χ2v) is 13.2. The Kier molecular flexibility index (Phi) is 17.8. The quantitative estimate of drug-likeness (QED) is 0.0671. The summed E-state index contributed by atoms with van der Waals surface area (Å²) in [5.74, 6) is 1.15. The molecule has 1 unspecified atom stereocenters. The number of ether oxygens (including phenoxy) is 2. The minimum Gasteiger partial charge on any atom is -0.507 e. The summed E-state index contributed by atoms with van der Waals surface area (Å²) in [6.07, 6.45) is 13.4. The van der Waals surface area contributed by atoms with Crippen LogP contribution in [-0.2, 0) is 11.3 Å². The molecule has 0 aliphatic rings. The van der Waals surface area contributed by atoms with Crippen molar-refractivity contribution in [3.8, 4) is 11.5 Å². The summed E-state index contributed by atoms with van der Waals surface area (Å²) in [6.45, 7) is 15.5. The first kappa shape index (κ1) is 39.6. The largest absolute Gasteiger partial charge is 0.507 e. The summed E-state index contributed by atoms with van der Waals surface area (Å²) >= 11 is 0. The van der Waals surface area contributed by atoms with Gasteiger partial charge in [0.05, 0.1) is 18.7 Å². The van der Waals surface area contributed by atoms with Crippen molar-refractivity contribution in [2.24, 2.45) is 15.0 Å². The molecule has 266 valence electrons. The van der Waals surface area contributed by atoms with Crippen LogP contribution in [0.1, 0.15) is 116 Å². The molecule has 1 atom stereocenters. The van der Waals surface area contributed by atoms with Crippen LogP contribution in [0.3, 0.4) is 0 Å². The number of aliphatic hydroxyl groups excluding tert-OH is 1. The van der Waals surface area contributed by atoms with Crippen molar-refractivity contribution in [3.63, 3.8) is 0 Å². The average molecular weight is 670 g/mol. The van der Waals surface area contributed by atoms with Crippen molar-refractivity contribution in [2.75, 3.05) is 19.8 Å². The maximum Gasteiger partial charge on any atom is 0.161 e. The minimum absolute atomic E-state index is 0.0353. The fraction of sp³-hybridized carbons (Fsp3) is 0.500. The molecule has 0 spiro atoms. The molecule has 7 heteroatoms. The standard InChI is InChI=1S/C42H59N3O4/c1-7-8-9-10-11-12-13-14-15-16-17-24-48-29-36(46)30-49-37-21-23-39(40(47)27-37)42(44-28-35-20-18-31(2)25-33(35)4)45-41(43-6)38-22-19-32(3)26-34(38)5/h18-23,25-27,36,46-47H,6-17,24,28-30H2,1-5H3/b44-42-,45-41-. The smallest absolute Gasteiger partial charge is 0.161 e. The summed E-state index contributed by atoms with van der Waals surface area (Å²) in [7, 11) is 0. The van der Waals surface area contributed by atoms with Gasteiger partial charge in [0.1, 0.15) is 24.2 Å². The number of aryl methyl sites for hydroxylation is 4. The third kappa shape index (κ3) is 14.3. The normalized spacial score (nSPS) is 12.7. The van der Waals surface area contributed by atoms with Gasteiger partial charge in [0, 0.05) is 18.2 Å². The molecule has 0 saturated carbocycles. The van der Waals surface area contributed by atoms with E-state index in [1.807, 2.05) is 26.0 Å². The molecule has 0 saturated heterocycles. The second kappa shape index (κ2) is 22.0. The molecule has 3 aromatic carbocycles. The van der Waals surface area contributed by atoms with Gasteiger partial charge in [-0.25, -0.2) is 9.98 Å². The Morgan fingerprint density at radius 3 is 1.94 bits per heavy atom. The highest BCUT2D eigenvalue weighted by atomic mass is 16.5. The highest BCUT2D eigenvalue weighted by Crippen LogP contribution is 2.26. The number of nitrogens with zero attached hydrogens (tertiary/aromatic N) is 3. The number of aliphatic hydroxyl groups is 1. The molecule has 0 aliphatic carbocycles. The van der Waals surface area contributed by atoms with Crippen molar-refractivity contribution in [1.82, 2.24) is 0 Å². The van der Waals surface area contributed by atoms with Gasteiger partial charge in [-0.05, 0) is 69.7 Å². The first-order chi connectivity index (χ1) is 23.7. The van der Waals surface area contributed by atoms with Crippen LogP contribution in [0.15, 0.2) is 69.6 Å². The van der Waals surface area contributed by atoms with E-state index in [1.165, 1.54) is 69.4 Å². The van der Waals surface area contributed by atoms with Crippen molar-refractivity contribution < 1.29 is 19.7 Å². The molecule has 0 radical (unpaired) electrons. The fourth-order valence-electron chi connectivity index (χ4n) is 5.83. The van der Waals surface area contributed by atoms with Crippen LogP contribution >= 0.6 is 0 Å². The molecule has 0 amide bonds. The van der Waals surface area contributed by atoms with E-state index in [-0.39, 0.29) is 19.0 Å². The molecule has 0 aliphatic heterocycles. The molecule has 0 heterocycles. The van der Waals surface area contributed by atoms with Crippen LogP contribution in [0.25, 0.3) is 0 Å². The number of hydrogen-bond acceptors (Lipinski definition) is 5. The van der Waals surface area contributed by atoms with E-state index in [9.17, 15) is 10.2 Å². The Morgan fingerprint density at radius 2 is 1.33 bits per heavy atom. The predicted molar refractivity (Wildman–Crippen MR) is 205 cm³/mol. The predicted octanol–water partition coefficient (Wildman–Crippen LogP) is 9.79. The van der Waals surface area contributed by atoms with Crippen LogP contribution in [0.4, 0.5) is 0 Å². The van der Waals surface area contributed by atoms with Gasteiger partial charge in [0.25, 0.3) is 0 Å². The van der Waals surface area contributed by atoms with Crippen molar-refractivity contribution in [1.29, 1.82) is 0 Å². The van der Waals surface area contributed by atoms with Crippen molar-refractivity contribution in [2.45, 2.75) is 118 Å². The second-order valence-electron chi connectivity index (χ2n) is 13.2. The Labute approximate surface area is 295 Å². The Bertz CT molecular complexity index is 1510. The lowest BCUT2D eigenvalue weighted by Crippen LogP contribution is -2.23. The van der Waals surface area contributed by atoms with Gasteiger partial charge in [0.2, 0.25) is 0 Å². The molecule has 0 aromatic heterocycles. The first-order valence-corrected chi connectivity index (χ1v) is 18.2. The van der Waals surface area contributed by atoms with E-state index in [2.05, 4.69) is 56.7 Å². The molecule has 3 rings (SSSR count). The van der Waals surface area contributed by atoms with Crippen molar-refractivity contribution in [3.05, 3.63) is 93.5 Å². The van der Waals surface area contributed by atoms with Crippen LogP contribution in [0.2, 0.25) is 0 Å². The maximum absolute atomic E-state index is 11.1. The average Bonchev–Trinajstić information content (AvgIpc) is 3.07. The minimum atomic E-state index is -0.770. The number of unbranched alkanes of at least 4 members (excludes halogenated alkanes) is 10. The molecular weight excluding hydrogens is 610 g/mol. The third-order valence-electron chi connectivity index (χ3n) is 8.74. The topological polar surface area (TPSA) is 96.0 Å². The van der Waals surface area contributed by atoms with E-state index < -0.39 is 6.10 Å². The number of aliphatic imine (C=N–C) groups is 3. The van der Waals surface area contributed by atoms with E-state index in [0.717, 1.165) is 40.7 Å². The zero-order chi connectivity index (χ0) is 35.4. The molecule has 7 nitrogen and oxygen atoms in total. The highest BCUT2D eigenvalue weighted by Gasteiger charge is 2.15. The van der Waals surface area contributed by atoms with Crippen LogP contribution in [0.5, 0.6) is 11.5 Å². The maximum atomic E-state index is 11.1. The van der Waals surface area contributed by atoms with Gasteiger partial charge in [-0.3, -0.25) is 4.99 Å². The number of phenolic OH excluding ortho intramolecular Hbond substituents is 1. The number of rotatable bonds is 21. The molecule has 49 heavy (non-hydrogen) atoms. The van der Waals surface area contributed by atoms with Gasteiger partial charge in [-0.2, -0.15) is 0 Å². The highest BCUT2D eigenvalue weighted by molar-refractivity contribution is 6.14. The van der Waals surface area contributed by atoms with E-state index >= 15 is 0 Å². The van der Waals surface area contributed by atoms with Gasteiger partial charge in [-0.15, -0.1) is 0 Å². The lowest BCUT2D eigenvalue weighted by atomic mass is 10.0. The van der Waals surface area contributed by atoms with Gasteiger partial charge in [-0.1, -0.05) is 119 Å². The van der Waals surface area contributed by atoms with Crippen LogP contribution in [-0.4, -0.2) is 54.5 Å². The Hall–Kier alpha value is -3.81. The molecule has 0 bridgehead atoms. The van der Waals surface area contributed by atoms with E-state index in [0.29, 0.717) is 36.1 Å². The fourth-order valence-corrected chi connectivity index (χ4v) is 5.83. The summed E-state index contributed by atoms with van der Waals surface area (Å²) in [6, 6.07) is 17.3. The summed E-state index contributed by atoms with van der Waals surface area (Å²) in [4.78, 5) is 13.9. The van der Waals surface area contributed by atoms with E-state index in [4.69, 9.17) is 19.5 Å². The molecule has 3 aromatic rings. The zero-order valence-electron chi connectivity index (χ0n) is 30.6. The number of benzene rings is 3. The zero-order valence-corrected chi connectivity index (χ0v) is 30.6. The Morgan fingerprint density at radius 1 is 0.714 bits per heavy atom. The molecule has 2 N–H and O–H groups in total. The third-order valence-corrected chi connectivity index (χ3v) is 8.74. The SMILES string of the molecule is C=N/C(=N\C(=N/Cc1ccc(C)cc1C)c1ccc(OCC(O)COCCCCCCCCCCCCC)cc1O)c1ccc(C)cc1C. The summed E-state index contributed by atoms with van der Waals surface area (Å²) < 4.78 is 11.5. The lowest BCUT2D eigenvalue weighted by Gasteiger charge is -2.14. The van der Waals surface area contributed by atoms with Crippen LogP contribution < -0.4 is 4.74 Å². The summed E-state index contributed by atoms with van der Waals surface area (Å²) in [5, 5.41) is 21.6. The lowest BCUT2D eigenvalue weighted by molar-refractivity contribution is 0.0109. The Balaban J connectivity index is 1.56. The number of aromatic hydroxyl groups is 1. The first-order valence-electron chi connectivity index (χ1n) is 18.2. The van der Waals surface area contributed by atoms with Crippen molar-refractivity contribution >= 4 is 18.4 Å². The van der Waals surface area contributed by atoms with E-state index in [1.54, 1.807) is 12.1 Å². The monoisotopic (exact) mass is 669 g/mol. The van der Waals surface area contributed by atoms with Gasteiger partial charge >= 0.3 is 0 Å². The van der Waals surface area contributed by atoms with Gasteiger partial charge in [0.15, 0.2) is 11.7 Å².